The molecule has 21 heavy (non-hydrogen) atoms. The summed E-state index contributed by atoms with van der Waals surface area (Å²) in [7, 11) is 0. The minimum absolute atomic E-state index is 0.0895. The van der Waals surface area contributed by atoms with E-state index in [1.165, 1.54) is 0 Å². The predicted octanol–water partition coefficient (Wildman–Crippen LogP) is 4.73. The quantitative estimate of drug-likeness (QED) is 0.695. The van der Waals surface area contributed by atoms with Crippen LogP contribution >= 0.6 is 0 Å². The minimum Gasteiger partial charge on any atom is -0.423 e. The summed E-state index contributed by atoms with van der Waals surface area (Å²) >= 11 is 0. The summed E-state index contributed by atoms with van der Waals surface area (Å²) < 4.78 is 56.9. The smallest absolute Gasteiger partial charge is 0.418 e. The second-order valence-corrected chi connectivity index (χ2v) is 4.30. The van der Waals surface area contributed by atoms with Gasteiger partial charge in [0.05, 0.1) is 11.3 Å². The third-order valence-corrected chi connectivity index (χ3v) is 2.82. The Bertz CT molecular complexity index is 762. The van der Waals surface area contributed by atoms with Gasteiger partial charge in [-0.25, -0.2) is 4.39 Å². The van der Waals surface area contributed by atoms with Crippen LogP contribution in [-0.2, 0) is 6.18 Å². The molecule has 0 spiro atoms. The molecule has 0 fully saturated rings. The molecule has 0 atom stereocenters. The SMILES string of the molecule is Fc1ccc(Nc2nc3ccccc3o2)c(C(F)(F)F)c1. The van der Waals surface area contributed by atoms with Gasteiger partial charge in [0.15, 0.2) is 5.58 Å². The number of hydrogen-bond acceptors (Lipinski definition) is 3. The molecular formula is C14H8F4N2O. The maximum absolute atomic E-state index is 13.0. The summed E-state index contributed by atoms with van der Waals surface area (Å²) in [5, 5.41) is 2.43. The van der Waals surface area contributed by atoms with Gasteiger partial charge in [0.25, 0.3) is 6.01 Å². The molecule has 108 valence electrons. The highest BCUT2D eigenvalue weighted by Crippen LogP contribution is 2.36. The van der Waals surface area contributed by atoms with Crippen molar-refractivity contribution in [3.8, 4) is 0 Å². The van der Waals surface area contributed by atoms with Crippen LogP contribution < -0.4 is 5.32 Å². The number of anilines is 2. The second-order valence-electron chi connectivity index (χ2n) is 4.30. The lowest BCUT2D eigenvalue weighted by molar-refractivity contribution is -0.137. The Labute approximate surface area is 116 Å². The Hall–Kier alpha value is -2.57. The first-order valence-corrected chi connectivity index (χ1v) is 5.93. The van der Waals surface area contributed by atoms with Crippen LogP contribution in [0.3, 0.4) is 0 Å². The summed E-state index contributed by atoms with van der Waals surface area (Å²) in [6.07, 6.45) is -4.68. The predicted molar refractivity (Wildman–Crippen MR) is 68.7 cm³/mol. The van der Waals surface area contributed by atoms with Gasteiger partial charge in [-0.15, -0.1) is 0 Å². The molecular weight excluding hydrogens is 288 g/mol. The fourth-order valence-corrected chi connectivity index (χ4v) is 1.90. The highest BCUT2D eigenvalue weighted by molar-refractivity contribution is 5.75. The van der Waals surface area contributed by atoms with Gasteiger partial charge in [-0.2, -0.15) is 18.2 Å². The Morgan fingerprint density at radius 2 is 1.81 bits per heavy atom. The fraction of sp³-hybridized carbons (Fsp3) is 0.0714. The van der Waals surface area contributed by atoms with Crippen LogP contribution in [-0.4, -0.2) is 4.98 Å². The summed E-state index contributed by atoms with van der Waals surface area (Å²) in [4.78, 5) is 4.01. The largest absolute Gasteiger partial charge is 0.423 e. The molecule has 2 aromatic carbocycles. The van der Waals surface area contributed by atoms with E-state index in [0.29, 0.717) is 17.2 Å². The Balaban J connectivity index is 2.01. The van der Waals surface area contributed by atoms with Crippen molar-refractivity contribution in [2.75, 3.05) is 5.32 Å². The van der Waals surface area contributed by atoms with E-state index in [2.05, 4.69) is 10.3 Å². The van der Waals surface area contributed by atoms with E-state index >= 15 is 0 Å². The van der Waals surface area contributed by atoms with Gasteiger partial charge in [-0.1, -0.05) is 12.1 Å². The topological polar surface area (TPSA) is 38.1 Å². The molecule has 1 heterocycles. The first-order valence-electron chi connectivity index (χ1n) is 5.93. The molecule has 0 saturated heterocycles. The van der Waals surface area contributed by atoms with Crippen molar-refractivity contribution in [3.63, 3.8) is 0 Å². The van der Waals surface area contributed by atoms with Crippen molar-refractivity contribution in [2.45, 2.75) is 6.18 Å². The van der Waals surface area contributed by atoms with E-state index in [1.807, 2.05) is 0 Å². The number of para-hydroxylation sites is 2. The van der Waals surface area contributed by atoms with Crippen molar-refractivity contribution in [1.82, 2.24) is 4.98 Å². The number of alkyl halides is 3. The van der Waals surface area contributed by atoms with Gasteiger partial charge < -0.3 is 9.73 Å². The zero-order valence-corrected chi connectivity index (χ0v) is 10.4. The molecule has 0 amide bonds. The lowest BCUT2D eigenvalue weighted by Crippen LogP contribution is -2.09. The van der Waals surface area contributed by atoms with E-state index in [1.54, 1.807) is 24.3 Å². The van der Waals surface area contributed by atoms with E-state index in [0.717, 1.165) is 12.1 Å². The minimum atomic E-state index is -4.68. The van der Waals surface area contributed by atoms with Crippen LogP contribution in [0.2, 0.25) is 0 Å². The van der Waals surface area contributed by atoms with Crippen molar-refractivity contribution < 1.29 is 22.0 Å². The van der Waals surface area contributed by atoms with E-state index in [-0.39, 0.29) is 11.7 Å². The number of hydrogen-bond donors (Lipinski definition) is 1. The molecule has 0 aliphatic heterocycles. The number of benzene rings is 2. The van der Waals surface area contributed by atoms with Crippen LogP contribution in [0.25, 0.3) is 11.1 Å². The van der Waals surface area contributed by atoms with Gasteiger partial charge in [0, 0.05) is 0 Å². The first-order chi connectivity index (χ1) is 9.93. The van der Waals surface area contributed by atoms with Crippen molar-refractivity contribution in [1.29, 1.82) is 0 Å². The average Bonchev–Trinajstić information content (AvgIpc) is 2.82. The van der Waals surface area contributed by atoms with Gasteiger partial charge >= 0.3 is 6.18 Å². The molecule has 1 aromatic heterocycles. The number of halogens is 4. The third kappa shape index (κ3) is 2.67. The molecule has 3 nitrogen and oxygen atoms in total. The molecule has 3 rings (SSSR count). The number of nitrogens with one attached hydrogen (secondary N) is 1. The molecule has 0 aliphatic rings. The van der Waals surface area contributed by atoms with Crippen molar-refractivity contribution >= 4 is 22.8 Å². The van der Waals surface area contributed by atoms with Crippen molar-refractivity contribution in [2.24, 2.45) is 0 Å². The zero-order valence-electron chi connectivity index (χ0n) is 10.4. The molecule has 0 unspecified atom stereocenters. The number of oxazole rings is 1. The van der Waals surface area contributed by atoms with Gasteiger partial charge in [0.1, 0.15) is 11.3 Å². The first kappa shape index (κ1) is 13.4. The molecule has 0 bridgehead atoms. The number of fused-ring (bicyclic) bond motifs is 1. The summed E-state index contributed by atoms with van der Waals surface area (Å²) in [6, 6.07) is 9.01. The van der Waals surface area contributed by atoms with Gasteiger partial charge in [0.2, 0.25) is 0 Å². The van der Waals surface area contributed by atoms with Crippen LogP contribution in [0.1, 0.15) is 5.56 Å². The zero-order chi connectivity index (χ0) is 15.0. The molecule has 0 saturated carbocycles. The van der Waals surface area contributed by atoms with Crippen LogP contribution in [0.4, 0.5) is 29.3 Å². The number of aromatic nitrogens is 1. The van der Waals surface area contributed by atoms with Crippen LogP contribution in [0.15, 0.2) is 46.9 Å². The molecule has 7 heteroatoms. The lowest BCUT2D eigenvalue weighted by atomic mass is 10.1. The van der Waals surface area contributed by atoms with Crippen molar-refractivity contribution in [3.05, 3.63) is 53.8 Å². The summed E-state index contributed by atoms with van der Waals surface area (Å²) in [5.41, 5.74) is -0.494. The maximum atomic E-state index is 13.0. The monoisotopic (exact) mass is 296 g/mol. The van der Waals surface area contributed by atoms with Crippen LogP contribution in [0, 0.1) is 5.82 Å². The normalized spacial score (nSPS) is 11.8. The van der Waals surface area contributed by atoms with E-state index < -0.39 is 17.6 Å². The molecule has 0 aliphatic carbocycles. The highest BCUT2D eigenvalue weighted by Gasteiger charge is 2.34. The van der Waals surface area contributed by atoms with Gasteiger partial charge in [-0.3, -0.25) is 0 Å². The van der Waals surface area contributed by atoms with Crippen LogP contribution in [0.5, 0.6) is 0 Å². The Morgan fingerprint density at radius 1 is 1.05 bits per heavy atom. The number of nitrogens with zero attached hydrogens (tertiary/aromatic N) is 1. The summed E-state index contributed by atoms with van der Waals surface area (Å²) in [5.74, 6) is -0.967. The lowest BCUT2D eigenvalue weighted by Gasteiger charge is -2.12. The Kier molecular flexibility index (Phi) is 3.04. The maximum Gasteiger partial charge on any atom is 0.418 e. The molecule has 3 aromatic rings. The fourth-order valence-electron chi connectivity index (χ4n) is 1.90. The number of rotatable bonds is 2. The van der Waals surface area contributed by atoms with Gasteiger partial charge in [-0.05, 0) is 30.3 Å². The van der Waals surface area contributed by atoms with E-state index in [4.69, 9.17) is 4.42 Å². The third-order valence-electron chi connectivity index (χ3n) is 2.82. The Morgan fingerprint density at radius 3 is 2.52 bits per heavy atom. The average molecular weight is 296 g/mol. The highest BCUT2D eigenvalue weighted by atomic mass is 19.4. The summed E-state index contributed by atoms with van der Waals surface area (Å²) in [6.45, 7) is 0. The molecule has 0 radical (unpaired) electrons. The second kappa shape index (κ2) is 4.76. The molecule has 1 N–H and O–H groups in total. The standard InChI is InChI=1S/C14H8F4N2O/c15-8-5-6-10(9(7-8)14(16,17)18)19-13-20-11-3-1-2-4-12(11)21-13/h1-7H,(H,19,20). The van der Waals surface area contributed by atoms with E-state index in [9.17, 15) is 17.6 Å².